The highest BCUT2D eigenvalue weighted by Crippen LogP contribution is 2.29. The van der Waals surface area contributed by atoms with E-state index >= 15 is 0 Å². The molecule has 39 heavy (non-hydrogen) atoms. The lowest BCUT2D eigenvalue weighted by Crippen LogP contribution is -2.27. The number of esters is 2. The molecule has 2 aromatic carbocycles. The number of benzene rings is 2. The maximum absolute atomic E-state index is 12.6. The lowest BCUT2D eigenvalue weighted by Gasteiger charge is -2.21. The van der Waals surface area contributed by atoms with Crippen molar-refractivity contribution in [2.45, 2.75) is 78.6 Å². The average molecular weight is 602 g/mol. The summed E-state index contributed by atoms with van der Waals surface area (Å²) in [6.45, 7) is 11.2. The van der Waals surface area contributed by atoms with Crippen LogP contribution in [0.4, 0.5) is 0 Å². The number of oxazole rings is 1. The van der Waals surface area contributed by atoms with Gasteiger partial charge < -0.3 is 24.4 Å². The summed E-state index contributed by atoms with van der Waals surface area (Å²) in [5.74, 6) is 0.948. The van der Waals surface area contributed by atoms with Crippen molar-refractivity contribution in [3.8, 4) is 17.2 Å². The molecule has 0 spiro atoms. The minimum Gasteiger partial charge on any atom is -0.493 e. The molecular formula is C30H37BrN2O6. The molecule has 3 aromatic rings. The van der Waals surface area contributed by atoms with E-state index in [4.69, 9.17) is 24.4 Å². The quantitative estimate of drug-likeness (QED) is 0.256. The van der Waals surface area contributed by atoms with Crippen LogP contribution in [0, 0.1) is 6.92 Å². The summed E-state index contributed by atoms with van der Waals surface area (Å²) in [4.78, 5) is 29.6. The second-order valence-corrected chi connectivity index (χ2v) is 11.4. The number of hydrogen-bond donors (Lipinski definition) is 1. The van der Waals surface area contributed by atoms with E-state index in [-0.39, 0.29) is 18.5 Å². The SMILES string of the molecule is Cc1oc(-c2ccccc2Br)nc1CCOc1ccc(CCC(=O)OC(C)(C)C)c(C(N)C(=O)OC(C)C)c1. The molecular weight excluding hydrogens is 564 g/mol. The average Bonchev–Trinajstić information content (AvgIpc) is 3.21. The molecule has 0 saturated carbocycles. The van der Waals surface area contributed by atoms with Crippen molar-refractivity contribution in [1.82, 2.24) is 4.98 Å². The van der Waals surface area contributed by atoms with Crippen LogP contribution >= 0.6 is 15.9 Å². The Balaban J connectivity index is 1.73. The Morgan fingerprint density at radius 1 is 1.10 bits per heavy atom. The van der Waals surface area contributed by atoms with E-state index in [9.17, 15) is 9.59 Å². The van der Waals surface area contributed by atoms with Crippen molar-refractivity contribution in [2.75, 3.05) is 6.61 Å². The van der Waals surface area contributed by atoms with Crippen LogP contribution in [0.25, 0.3) is 11.5 Å². The molecule has 2 N–H and O–H groups in total. The molecule has 8 nitrogen and oxygen atoms in total. The summed E-state index contributed by atoms with van der Waals surface area (Å²) in [6.07, 6.45) is 0.738. The fraction of sp³-hybridized carbons (Fsp3) is 0.433. The summed E-state index contributed by atoms with van der Waals surface area (Å²) in [7, 11) is 0. The molecule has 0 amide bonds. The molecule has 1 unspecified atom stereocenters. The number of carbonyl (C=O) groups is 2. The van der Waals surface area contributed by atoms with E-state index in [1.807, 2.05) is 58.0 Å². The lowest BCUT2D eigenvalue weighted by molar-refractivity contribution is -0.154. The minimum absolute atomic E-state index is 0.154. The number of rotatable bonds is 11. The van der Waals surface area contributed by atoms with Gasteiger partial charge in [0.2, 0.25) is 5.89 Å². The monoisotopic (exact) mass is 600 g/mol. The number of aromatic nitrogens is 1. The predicted octanol–water partition coefficient (Wildman–Crippen LogP) is 6.26. The Kier molecular flexibility index (Phi) is 10.3. The van der Waals surface area contributed by atoms with Gasteiger partial charge >= 0.3 is 11.9 Å². The van der Waals surface area contributed by atoms with E-state index < -0.39 is 17.6 Å². The van der Waals surface area contributed by atoms with Gasteiger partial charge in [-0.2, -0.15) is 0 Å². The maximum atomic E-state index is 12.6. The van der Waals surface area contributed by atoms with E-state index in [1.54, 1.807) is 26.0 Å². The third-order valence-electron chi connectivity index (χ3n) is 5.68. The highest BCUT2D eigenvalue weighted by molar-refractivity contribution is 9.10. The van der Waals surface area contributed by atoms with Crippen molar-refractivity contribution >= 4 is 27.9 Å². The number of aryl methyl sites for hydroxylation is 2. The van der Waals surface area contributed by atoms with Gasteiger partial charge in [-0.05, 0) is 99.3 Å². The molecule has 9 heteroatoms. The Hall–Kier alpha value is -3.17. The fourth-order valence-electron chi connectivity index (χ4n) is 3.92. The highest BCUT2D eigenvalue weighted by Gasteiger charge is 2.24. The van der Waals surface area contributed by atoms with Gasteiger partial charge in [0.1, 0.15) is 23.2 Å². The van der Waals surface area contributed by atoms with E-state index in [1.165, 1.54) is 0 Å². The molecule has 0 aliphatic rings. The smallest absolute Gasteiger partial charge is 0.327 e. The first-order valence-electron chi connectivity index (χ1n) is 13.0. The third-order valence-corrected chi connectivity index (χ3v) is 6.37. The van der Waals surface area contributed by atoms with Crippen molar-refractivity contribution in [3.05, 3.63) is 69.5 Å². The van der Waals surface area contributed by atoms with Crippen LogP contribution in [-0.4, -0.2) is 35.2 Å². The van der Waals surface area contributed by atoms with E-state index in [0.29, 0.717) is 36.7 Å². The molecule has 0 aliphatic heterocycles. The maximum Gasteiger partial charge on any atom is 0.327 e. The molecule has 210 valence electrons. The Morgan fingerprint density at radius 3 is 2.49 bits per heavy atom. The van der Waals surface area contributed by atoms with Gasteiger partial charge in [-0.1, -0.05) is 18.2 Å². The zero-order chi connectivity index (χ0) is 28.7. The minimum atomic E-state index is -1.02. The first kappa shape index (κ1) is 30.4. The molecule has 1 atom stereocenters. The topological polar surface area (TPSA) is 114 Å². The van der Waals surface area contributed by atoms with Crippen LogP contribution in [0.15, 0.2) is 51.4 Å². The lowest BCUT2D eigenvalue weighted by atomic mass is 9.97. The van der Waals surface area contributed by atoms with Crippen LogP contribution in [0.3, 0.4) is 0 Å². The largest absolute Gasteiger partial charge is 0.493 e. The molecule has 0 fully saturated rings. The van der Waals surface area contributed by atoms with Crippen molar-refractivity contribution in [2.24, 2.45) is 5.73 Å². The molecule has 1 aromatic heterocycles. The van der Waals surface area contributed by atoms with E-state index in [2.05, 4.69) is 20.9 Å². The fourth-order valence-corrected chi connectivity index (χ4v) is 4.37. The first-order chi connectivity index (χ1) is 18.3. The number of ether oxygens (including phenoxy) is 3. The second-order valence-electron chi connectivity index (χ2n) is 10.5. The standard InChI is InChI=1S/C30H37BrN2O6/c1-18(2)37-29(35)27(32)23-17-21(13-11-20(23)12-14-26(34)39-30(4,5)6)36-16-15-25-19(3)38-28(33-25)22-9-7-8-10-24(22)31/h7-11,13,17-18,27H,12,14-16,32H2,1-6H3. The van der Waals surface area contributed by atoms with Crippen molar-refractivity contribution in [1.29, 1.82) is 0 Å². The molecule has 0 saturated heterocycles. The third kappa shape index (κ3) is 8.93. The second kappa shape index (κ2) is 13.3. The molecule has 0 bridgehead atoms. The van der Waals surface area contributed by atoms with Gasteiger partial charge in [-0.25, -0.2) is 9.78 Å². The van der Waals surface area contributed by atoms with Gasteiger partial charge in [-0.15, -0.1) is 0 Å². The number of carbonyl (C=O) groups excluding carboxylic acids is 2. The van der Waals surface area contributed by atoms with Crippen LogP contribution in [-0.2, 0) is 31.9 Å². The number of hydrogen-bond acceptors (Lipinski definition) is 8. The van der Waals surface area contributed by atoms with Crippen molar-refractivity contribution in [3.63, 3.8) is 0 Å². The van der Waals surface area contributed by atoms with E-state index in [0.717, 1.165) is 27.1 Å². The van der Waals surface area contributed by atoms with Gasteiger partial charge in [0.05, 0.1) is 24.0 Å². The highest BCUT2D eigenvalue weighted by atomic mass is 79.9. The predicted molar refractivity (Wildman–Crippen MR) is 152 cm³/mol. The first-order valence-corrected chi connectivity index (χ1v) is 13.8. The normalized spacial score (nSPS) is 12.3. The van der Waals surface area contributed by atoms with Gasteiger partial charge in [0, 0.05) is 17.3 Å². The van der Waals surface area contributed by atoms with Gasteiger partial charge in [-0.3, -0.25) is 4.79 Å². The van der Waals surface area contributed by atoms with Gasteiger partial charge in [0.25, 0.3) is 0 Å². The summed E-state index contributed by atoms with van der Waals surface area (Å²) in [5.41, 5.74) is 8.71. The van der Waals surface area contributed by atoms with Crippen LogP contribution in [0.2, 0.25) is 0 Å². The number of nitrogens with two attached hydrogens (primary N) is 1. The van der Waals surface area contributed by atoms with Crippen LogP contribution < -0.4 is 10.5 Å². The van der Waals surface area contributed by atoms with Crippen LogP contribution in [0.1, 0.15) is 69.7 Å². The molecule has 0 radical (unpaired) electrons. The molecule has 0 aliphatic carbocycles. The summed E-state index contributed by atoms with van der Waals surface area (Å²) in [6, 6.07) is 12.1. The Labute approximate surface area is 238 Å². The number of halogens is 1. The summed E-state index contributed by atoms with van der Waals surface area (Å²) in [5, 5.41) is 0. The number of nitrogens with zero attached hydrogens (tertiary/aromatic N) is 1. The van der Waals surface area contributed by atoms with Crippen molar-refractivity contribution < 1.29 is 28.2 Å². The summed E-state index contributed by atoms with van der Waals surface area (Å²) < 4.78 is 23.6. The summed E-state index contributed by atoms with van der Waals surface area (Å²) >= 11 is 3.54. The zero-order valence-electron chi connectivity index (χ0n) is 23.4. The molecule has 1 heterocycles. The van der Waals surface area contributed by atoms with Crippen LogP contribution in [0.5, 0.6) is 5.75 Å². The molecule has 3 rings (SSSR count). The zero-order valence-corrected chi connectivity index (χ0v) is 25.0. The Morgan fingerprint density at radius 2 is 1.82 bits per heavy atom. The Bertz CT molecular complexity index is 1290. The van der Waals surface area contributed by atoms with Gasteiger partial charge in [0.15, 0.2) is 0 Å².